The van der Waals surface area contributed by atoms with Crippen LogP contribution >= 0.6 is 0 Å². The molecule has 0 aliphatic carbocycles. The summed E-state index contributed by atoms with van der Waals surface area (Å²) in [6.45, 7) is 0.350. The molecule has 0 N–H and O–H groups in total. The number of nitrogens with zero attached hydrogens (tertiary/aromatic N) is 2. The lowest BCUT2D eigenvalue weighted by atomic mass is 10.1. The summed E-state index contributed by atoms with van der Waals surface area (Å²) in [5.74, 6) is -0.536. The Labute approximate surface area is 167 Å². The number of benzene rings is 3. The molecule has 0 saturated heterocycles. The van der Waals surface area contributed by atoms with Crippen molar-refractivity contribution in [2.45, 2.75) is 6.61 Å². The third kappa shape index (κ3) is 4.52. The molecule has 5 heteroatoms. The van der Waals surface area contributed by atoms with E-state index in [0.717, 1.165) is 16.5 Å². The molecule has 0 spiro atoms. The zero-order chi connectivity index (χ0) is 20.1. The number of carbonyl (C=O) groups excluding carboxylic acids is 1. The molecule has 4 nitrogen and oxygen atoms in total. The average molecular weight is 384 g/mol. The Morgan fingerprint density at radius 2 is 1.86 bits per heavy atom. The van der Waals surface area contributed by atoms with Gasteiger partial charge >= 0.3 is 0 Å². The Morgan fingerprint density at radius 3 is 2.69 bits per heavy atom. The van der Waals surface area contributed by atoms with E-state index in [1.807, 2.05) is 36.4 Å². The number of hydrogen-bond acceptors (Lipinski definition) is 3. The van der Waals surface area contributed by atoms with Crippen molar-refractivity contribution in [3.8, 4) is 5.75 Å². The lowest BCUT2D eigenvalue weighted by Crippen LogP contribution is -1.99. The van der Waals surface area contributed by atoms with Crippen LogP contribution in [0.15, 0.2) is 90.1 Å². The Morgan fingerprint density at radius 1 is 1.00 bits per heavy atom. The van der Waals surface area contributed by atoms with E-state index in [4.69, 9.17) is 4.74 Å². The van der Waals surface area contributed by atoms with Crippen LogP contribution in [0.2, 0.25) is 0 Å². The summed E-state index contributed by atoms with van der Waals surface area (Å²) in [5, 5.41) is 0.847. The van der Waals surface area contributed by atoms with Crippen molar-refractivity contribution in [1.82, 2.24) is 4.98 Å². The predicted molar refractivity (Wildman–Crippen MR) is 111 cm³/mol. The number of aliphatic imine (C=N–C) groups is 1. The van der Waals surface area contributed by atoms with Gasteiger partial charge in [-0.1, -0.05) is 36.4 Å². The van der Waals surface area contributed by atoms with Crippen LogP contribution in [-0.2, 0) is 6.61 Å². The summed E-state index contributed by atoms with van der Waals surface area (Å²) < 4.78 is 20.0. The second kappa shape index (κ2) is 8.44. The first-order valence-corrected chi connectivity index (χ1v) is 9.08. The minimum Gasteiger partial charge on any atom is -0.489 e. The van der Waals surface area contributed by atoms with Crippen molar-refractivity contribution >= 4 is 23.0 Å². The Kier molecular flexibility index (Phi) is 5.38. The van der Waals surface area contributed by atoms with Crippen molar-refractivity contribution in [2.24, 2.45) is 4.99 Å². The van der Waals surface area contributed by atoms with Gasteiger partial charge in [-0.3, -0.25) is 9.78 Å². The van der Waals surface area contributed by atoms with Gasteiger partial charge < -0.3 is 4.74 Å². The lowest BCUT2D eigenvalue weighted by molar-refractivity contribution is 0.100. The van der Waals surface area contributed by atoms with Gasteiger partial charge in [0.1, 0.15) is 18.2 Å². The quantitative estimate of drug-likeness (QED) is 0.444. The van der Waals surface area contributed by atoms with Gasteiger partial charge in [0, 0.05) is 35.0 Å². The maximum Gasteiger partial charge on any atom is 0.276 e. The summed E-state index contributed by atoms with van der Waals surface area (Å²) in [6, 6.07) is 22.9. The normalized spacial score (nSPS) is 11.1. The fourth-order valence-corrected chi connectivity index (χ4v) is 2.85. The topological polar surface area (TPSA) is 51.5 Å². The van der Waals surface area contributed by atoms with Gasteiger partial charge in [0.15, 0.2) is 0 Å². The van der Waals surface area contributed by atoms with Gasteiger partial charge in [-0.2, -0.15) is 0 Å². The van der Waals surface area contributed by atoms with Gasteiger partial charge in [0.2, 0.25) is 0 Å². The van der Waals surface area contributed by atoms with E-state index in [-0.39, 0.29) is 5.56 Å². The maximum absolute atomic E-state index is 14.3. The van der Waals surface area contributed by atoms with Crippen molar-refractivity contribution in [2.75, 3.05) is 0 Å². The summed E-state index contributed by atoms with van der Waals surface area (Å²) in [6.07, 6.45) is 2.92. The number of fused-ring (bicyclic) bond motifs is 1. The third-order valence-corrected chi connectivity index (χ3v) is 4.39. The molecule has 0 bridgehead atoms. The highest BCUT2D eigenvalue weighted by Crippen LogP contribution is 2.18. The van der Waals surface area contributed by atoms with Crippen LogP contribution in [0, 0.1) is 5.82 Å². The number of ether oxygens (including phenoxy) is 1. The van der Waals surface area contributed by atoms with Crippen LogP contribution < -0.4 is 4.74 Å². The van der Waals surface area contributed by atoms with Crippen LogP contribution in [0.25, 0.3) is 10.9 Å². The molecule has 29 heavy (non-hydrogen) atoms. The van der Waals surface area contributed by atoms with Crippen LogP contribution in [0.4, 0.5) is 4.39 Å². The molecule has 4 rings (SSSR count). The Balaban J connectivity index is 1.45. The van der Waals surface area contributed by atoms with E-state index in [1.165, 1.54) is 18.3 Å². The molecule has 1 aromatic heterocycles. The molecule has 4 aromatic rings. The summed E-state index contributed by atoms with van der Waals surface area (Å²) in [7, 11) is 0. The summed E-state index contributed by atoms with van der Waals surface area (Å²) in [4.78, 5) is 20.4. The molecule has 0 radical (unpaired) electrons. The van der Waals surface area contributed by atoms with Crippen molar-refractivity contribution in [1.29, 1.82) is 0 Å². The van der Waals surface area contributed by atoms with Gasteiger partial charge in [-0.15, -0.1) is 0 Å². The Bertz CT molecular complexity index is 1190. The second-order valence-electron chi connectivity index (χ2n) is 6.43. The number of hydrogen-bond donors (Lipinski definition) is 0. The average Bonchev–Trinajstić information content (AvgIpc) is 2.77. The molecule has 0 fully saturated rings. The van der Waals surface area contributed by atoms with Crippen molar-refractivity contribution in [3.63, 3.8) is 0 Å². The largest absolute Gasteiger partial charge is 0.489 e. The molecule has 3 aromatic carbocycles. The lowest BCUT2D eigenvalue weighted by Gasteiger charge is -2.07. The van der Waals surface area contributed by atoms with Crippen LogP contribution in [0.1, 0.15) is 21.5 Å². The van der Waals surface area contributed by atoms with Crippen LogP contribution in [0.5, 0.6) is 5.75 Å². The highest BCUT2D eigenvalue weighted by atomic mass is 19.1. The number of aromatic nitrogens is 1. The first kappa shape index (κ1) is 18.5. The molecular weight excluding hydrogens is 367 g/mol. The minimum absolute atomic E-state index is 0.216. The predicted octanol–water partition coefficient (Wildman–Crippen LogP) is 5.21. The van der Waals surface area contributed by atoms with E-state index in [9.17, 15) is 9.18 Å². The first-order valence-electron chi connectivity index (χ1n) is 9.08. The number of carbonyl (C=O) groups is 1. The summed E-state index contributed by atoms with van der Waals surface area (Å²) >= 11 is 0. The zero-order valence-corrected chi connectivity index (χ0v) is 15.5. The van der Waals surface area contributed by atoms with E-state index < -0.39 is 11.7 Å². The highest BCUT2D eigenvalue weighted by Gasteiger charge is 2.07. The monoisotopic (exact) mass is 384 g/mol. The first-order chi connectivity index (χ1) is 14.2. The number of halogens is 1. The van der Waals surface area contributed by atoms with Crippen molar-refractivity contribution < 1.29 is 13.9 Å². The molecule has 0 aliphatic heterocycles. The number of pyridine rings is 1. The zero-order valence-electron chi connectivity index (χ0n) is 15.5. The van der Waals surface area contributed by atoms with Gasteiger partial charge in [0.05, 0.1) is 5.52 Å². The van der Waals surface area contributed by atoms with E-state index in [1.54, 1.807) is 36.5 Å². The van der Waals surface area contributed by atoms with Gasteiger partial charge in [-0.05, 0) is 42.0 Å². The van der Waals surface area contributed by atoms with Crippen molar-refractivity contribution in [3.05, 3.63) is 108 Å². The SMILES string of the molecule is O=C(N=Cc1ccc(OCc2ccccc2)cc1F)c1ccc2ncccc2c1. The van der Waals surface area contributed by atoms with Crippen LogP contribution in [-0.4, -0.2) is 17.1 Å². The second-order valence-corrected chi connectivity index (χ2v) is 6.43. The van der Waals surface area contributed by atoms with Crippen LogP contribution in [0.3, 0.4) is 0 Å². The molecule has 1 amide bonds. The van der Waals surface area contributed by atoms with E-state index in [2.05, 4.69) is 9.98 Å². The standard InChI is InChI=1S/C24H17FN2O2/c25-22-14-21(29-16-17-5-2-1-3-6-17)10-8-20(22)15-27-24(28)19-9-11-23-18(13-19)7-4-12-26-23/h1-15H,16H2. The molecule has 142 valence electrons. The molecule has 1 heterocycles. The fraction of sp³-hybridized carbons (Fsp3) is 0.0417. The Hall–Kier alpha value is -3.86. The highest BCUT2D eigenvalue weighted by molar-refractivity contribution is 6.03. The number of rotatable bonds is 5. The molecule has 0 atom stereocenters. The minimum atomic E-state index is -0.505. The molecule has 0 aliphatic rings. The molecule has 0 unspecified atom stereocenters. The smallest absolute Gasteiger partial charge is 0.276 e. The van der Waals surface area contributed by atoms with E-state index >= 15 is 0 Å². The third-order valence-electron chi connectivity index (χ3n) is 4.39. The summed E-state index contributed by atoms with van der Waals surface area (Å²) in [5.41, 5.74) is 2.43. The van der Waals surface area contributed by atoms with Gasteiger partial charge in [-0.25, -0.2) is 9.38 Å². The van der Waals surface area contributed by atoms with Gasteiger partial charge in [0.25, 0.3) is 5.91 Å². The van der Waals surface area contributed by atoms with E-state index in [0.29, 0.717) is 17.9 Å². The number of amides is 1. The molecule has 0 saturated carbocycles. The maximum atomic E-state index is 14.3. The molecular formula is C24H17FN2O2. The fourth-order valence-electron chi connectivity index (χ4n) is 2.85.